The molecule has 1 aromatic rings. The van der Waals surface area contributed by atoms with Crippen molar-refractivity contribution in [3.05, 3.63) is 21.9 Å². The molecule has 0 aliphatic carbocycles. The van der Waals surface area contributed by atoms with Gasteiger partial charge in [0.15, 0.2) is 5.96 Å². The Hall–Kier alpha value is 0.01000. The van der Waals surface area contributed by atoms with Gasteiger partial charge in [-0.3, -0.25) is 0 Å². The summed E-state index contributed by atoms with van der Waals surface area (Å²) in [5.41, 5.74) is 1.33. The summed E-state index contributed by atoms with van der Waals surface area (Å²) in [5.74, 6) is 0.912. The van der Waals surface area contributed by atoms with Gasteiger partial charge in [-0.05, 0) is 50.0 Å². The molecule has 0 aromatic carbocycles. The van der Waals surface area contributed by atoms with Gasteiger partial charge in [-0.15, -0.1) is 35.3 Å². The van der Waals surface area contributed by atoms with E-state index in [1.165, 1.54) is 10.4 Å². The molecule has 0 amide bonds. The average molecular weight is 469 g/mol. The van der Waals surface area contributed by atoms with Crippen LogP contribution < -0.4 is 10.6 Å². The van der Waals surface area contributed by atoms with E-state index in [2.05, 4.69) is 42.2 Å². The van der Waals surface area contributed by atoms with Gasteiger partial charge in [-0.2, -0.15) is 11.8 Å². The molecule has 2 N–H and O–H groups in total. The highest BCUT2D eigenvalue weighted by atomic mass is 127. The maximum Gasteiger partial charge on any atom is 0.191 e. The molecular weight excluding hydrogens is 441 g/mol. The van der Waals surface area contributed by atoms with E-state index in [0.29, 0.717) is 0 Å². The Bertz CT molecular complexity index is 487. The lowest BCUT2D eigenvalue weighted by molar-refractivity contribution is 0.0783. The van der Waals surface area contributed by atoms with E-state index in [1.807, 2.05) is 11.8 Å². The third-order valence-corrected chi connectivity index (χ3v) is 6.53. The molecule has 2 rings (SSSR count). The van der Waals surface area contributed by atoms with Crippen LogP contribution in [0.2, 0.25) is 0 Å². The van der Waals surface area contributed by atoms with Gasteiger partial charge in [-0.1, -0.05) is 0 Å². The first-order chi connectivity index (χ1) is 10.7. The minimum Gasteiger partial charge on any atom is -0.381 e. The number of aliphatic imine (C=N–C) groups is 1. The average Bonchev–Trinajstić information content (AvgIpc) is 2.96. The lowest BCUT2D eigenvalue weighted by atomic mass is 9.99. The molecule has 1 aliphatic rings. The minimum atomic E-state index is 0. The quantitative estimate of drug-likeness (QED) is 0.380. The number of ether oxygens (including phenoxy) is 1. The highest BCUT2D eigenvalue weighted by Gasteiger charge is 2.31. The standard InChI is InChI=1S/C16H27N3OS2.HI/c1-4-17-15(18-11-14-13(2)5-10-22-14)19-12-16(21-3)6-8-20-9-7-16;/h5,10H,4,6-9,11-12H2,1-3H3,(H2,17,18,19);1H. The van der Waals surface area contributed by atoms with Crippen LogP contribution in [0.5, 0.6) is 0 Å². The van der Waals surface area contributed by atoms with E-state index in [9.17, 15) is 0 Å². The zero-order valence-corrected chi connectivity index (χ0v) is 18.1. The number of halogens is 1. The molecule has 0 saturated carbocycles. The number of guanidine groups is 1. The maximum atomic E-state index is 5.50. The first-order valence-corrected chi connectivity index (χ1v) is 9.97. The molecule has 0 radical (unpaired) electrons. The van der Waals surface area contributed by atoms with E-state index in [0.717, 1.165) is 51.6 Å². The van der Waals surface area contributed by atoms with Crippen molar-refractivity contribution < 1.29 is 4.74 Å². The van der Waals surface area contributed by atoms with Gasteiger partial charge in [0.05, 0.1) is 6.54 Å². The van der Waals surface area contributed by atoms with Crippen LogP contribution in [0.15, 0.2) is 16.4 Å². The first-order valence-electron chi connectivity index (χ1n) is 7.87. The van der Waals surface area contributed by atoms with Gasteiger partial charge < -0.3 is 15.4 Å². The van der Waals surface area contributed by atoms with E-state index < -0.39 is 0 Å². The molecule has 2 heterocycles. The summed E-state index contributed by atoms with van der Waals surface area (Å²) in [5, 5.41) is 9.01. The number of rotatable bonds is 6. The number of nitrogens with one attached hydrogen (secondary N) is 2. The highest BCUT2D eigenvalue weighted by molar-refractivity contribution is 14.0. The molecule has 132 valence electrons. The van der Waals surface area contributed by atoms with E-state index in [-0.39, 0.29) is 28.7 Å². The predicted molar refractivity (Wildman–Crippen MR) is 114 cm³/mol. The molecule has 1 aromatic heterocycles. The zero-order chi connectivity index (χ0) is 15.8. The van der Waals surface area contributed by atoms with Crippen molar-refractivity contribution in [2.24, 2.45) is 4.99 Å². The fourth-order valence-corrected chi connectivity index (χ4v) is 4.12. The van der Waals surface area contributed by atoms with Crippen LogP contribution in [0.4, 0.5) is 0 Å². The molecule has 1 aliphatic heterocycles. The topological polar surface area (TPSA) is 45.7 Å². The lowest BCUT2D eigenvalue weighted by Crippen LogP contribution is -2.47. The van der Waals surface area contributed by atoms with Gasteiger partial charge in [0.2, 0.25) is 0 Å². The first kappa shape index (κ1) is 21.1. The predicted octanol–water partition coefficient (Wildman–Crippen LogP) is 3.64. The fraction of sp³-hybridized carbons (Fsp3) is 0.688. The smallest absolute Gasteiger partial charge is 0.191 e. The molecule has 7 heteroatoms. The minimum absolute atomic E-state index is 0. The van der Waals surface area contributed by atoms with Gasteiger partial charge in [0, 0.05) is 35.9 Å². The van der Waals surface area contributed by atoms with Crippen molar-refractivity contribution in [2.75, 3.05) is 32.6 Å². The van der Waals surface area contributed by atoms with E-state index in [4.69, 9.17) is 9.73 Å². The Morgan fingerprint density at radius 1 is 1.39 bits per heavy atom. The second-order valence-corrected chi connectivity index (χ2v) is 7.85. The fourth-order valence-electron chi connectivity index (χ4n) is 2.50. The van der Waals surface area contributed by atoms with Crippen LogP contribution in [-0.2, 0) is 11.3 Å². The Morgan fingerprint density at radius 3 is 2.70 bits per heavy atom. The molecule has 23 heavy (non-hydrogen) atoms. The Balaban J connectivity index is 0.00000264. The zero-order valence-electron chi connectivity index (χ0n) is 14.2. The van der Waals surface area contributed by atoms with Crippen molar-refractivity contribution >= 4 is 53.0 Å². The van der Waals surface area contributed by atoms with Crippen LogP contribution >= 0.6 is 47.1 Å². The second kappa shape index (κ2) is 10.8. The highest BCUT2D eigenvalue weighted by Crippen LogP contribution is 2.32. The summed E-state index contributed by atoms with van der Waals surface area (Å²) in [6.45, 7) is 8.54. The van der Waals surface area contributed by atoms with Crippen molar-refractivity contribution in [1.29, 1.82) is 0 Å². The van der Waals surface area contributed by atoms with Crippen molar-refractivity contribution in [1.82, 2.24) is 10.6 Å². The van der Waals surface area contributed by atoms with Crippen molar-refractivity contribution in [2.45, 2.75) is 38.0 Å². The van der Waals surface area contributed by atoms with Crippen LogP contribution in [0, 0.1) is 6.92 Å². The van der Waals surface area contributed by atoms with E-state index >= 15 is 0 Å². The molecular formula is C16H28IN3OS2. The molecule has 1 saturated heterocycles. The number of nitrogens with zero attached hydrogens (tertiary/aromatic N) is 1. The summed E-state index contributed by atoms with van der Waals surface area (Å²) in [6, 6.07) is 2.15. The molecule has 0 spiro atoms. The normalized spacial score (nSPS) is 17.4. The molecule has 0 unspecified atom stereocenters. The number of aryl methyl sites for hydroxylation is 1. The van der Waals surface area contributed by atoms with Crippen molar-refractivity contribution in [3.8, 4) is 0 Å². The number of thiophene rings is 1. The van der Waals surface area contributed by atoms with E-state index in [1.54, 1.807) is 11.3 Å². The van der Waals surface area contributed by atoms with Crippen molar-refractivity contribution in [3.63, 3.8) is 0 Å². The second-order valence-electron chi connectivity index (χ2n) is 5.58. The number of hydrogen-bond donors (Lipinski definition) is 2. The van der Waals surface area contributed by atoms with Crippen LogP contribution in [0.1, 0.15) is 30.2 Å². The molecule has 0 atom stereocenters. The van der Waals surface area contributed by atoms with Gasteiger partial charge in [-0.25, -0.2) is 4.99 Å². The summed E-state index contributed by atoms with van der Waals surface area (Å²) in [4.78, 5) is 6.07. The summed E-state index contributed by atoms with van der Waals surface area (Å²) in [6.07, 6.45) is 4.40. The third kappa shape index (κ3) is 6.43. The summed E-state index contributed by atoms with van der Waals surface area (Å²) in [7, 11) is 0. The summed E-state index contributed by atoms with van der Waals surface area (Å²) < 4.78 is 5.78. The SMILES string of the molecule is CCNC(=NCc1sccc1C)NCC1(SC)CCOCC1.I. The lowest BCUT2D eigenvalue weighted by Gasteiger charge is -2.36. The monoisotopic (exact) mass is 469 g/mol. The van der Waals surface area contributed by atoms with Crippen LogP contribution in [0.3, 0.4) is 0 Å². The maximum absolute atomic E-state index is 5.50. The van der Waals surface area contributed by atoms with Crippen LogP contribution in [0.25, 0.3) is 0 Å². The van der Waals surface area contributed by atoms with Gasteiger partial charge >= 0.3 is 0 Å². The van der Waals surface area contributed by atoms with Crippen LogP contribution in [-0.4, -0.2) is 43.3 Å². The molecule has 4 nitrogen and oxygen atoms in total. The Labute approximate surface area is 165 Å². The third-order valence-electron chi connectivity index (χ3n) is 4.11. The Morgan fingerprint density at radius 2 is 2.13 bits per heavy atom. The molecule has 0 bridgehead atoms. The Kier molecular flexibility index (Phi) is 9.87. The number of thioether (sulfide) groups is 1. The summed E-state index contributed by atoms with van der Waals surface area (Å²) >= 11 is 3.72. The largest absolute Gasteiger partial charge is 0.381 e. The van der Waals surface area contributed by atoms with Gasteiger partial charge in [0.25, 0.3) is 0 Å². The molecule has 1 fully saturated rings. The van der Waals surface area contributed by atoms with Gasteiger partial charge in [0.1, 0.15) is 0 Å². The number of hydrogen-bond acceptors (Lipinski definition) is 4.